The second kappa shape index (κ2) is 12.2. The second-order valence-corrected chi connectivity index (χ2v) is 10.3. The highest BCUT2D eigenvalue weighted by atomic mass is 79.9. The molecule has 33 heavy (non-hydrogen) atoms. The van der Waals surface area contributed by atoms with E-state index in [0.29, 0.717) is 25.3 Å². The van der Waals surface area contributed by atoms with E-state index in [4.69, 9.17) is 4.74 Å². The Labute approximate surface area is 207 Å². The summed E-state index contributed by atoms with van der Waals surface area (Å²) in [6.45, 7) is 13.2. The van der Waals surface area contributed by atoms with Gasteiger partial charge in [0.25, 0.3) is 5.91 Å². The molecule has 0 radical (unpaired) electrons. The predicted molar refractivity (Wildman–Crippen MR) is 137 cm³/mol. The van der Waals surface area contributed by atoms with Crippen LogP contribution in [0.15, 0.2) is 46.9 Å². The lowest BCUT2D eigenvalue weighted by atomic mass is 9.87. The Morgan fingerprint density at radius 2 is 1.85 bits per heavy atom. The number of ether oxygens (including phenoxy) is 1. The van der Waals surface area contributed by atoms with Gasteiger partial charge < -0.3 is 15.0 Å². The fourth-order valence-electron chi connectivity index (χ4n) is 3.60. The van der Waals surface area contributed by atoms with Gasteiger partial charge in [-0.3, -0.25) is 9.59 Å². The smallest absolute Gasteiger partial charge is 0.261 e. The highest BCUT2D eigenvalue weighted by Gasteiger charge is 2.29. The standard InChI is InChI=1S/C27H37BrN2O3/c1-7-14-29-26(32)23(8-2)30(17-20-11-9-10-19(3)15-20)25(31)18-33-24-13-12-21(16-22(24)28)27(4,5)6/h9-13,15-16,23H,7-8,14,17-18H2,1-6H3,(H,29,32). The topological polar surface area (TPSA) is 58.6 Å². The minimum Gasteiger partial charge on any atom is -0.483 e. The third-order valence-electron chi connectivity index (χ3n) is 5.52. The molecule has 180 valence electrons. The Balaban J connectivity index is 2.22. The Kier molecular flexibility index (Phi) is 9.96. The van der Waals surface area contributed by atoms with Gasteiger partial charge in [-0.05, 0) is 64.4 Å². The van der Waals surface area contributed by atoms with E-state index < -0.39 is 6.04 Å². The molecule has 0 aliphatic heterocycles. The summed E-state index contributed by atoms with van der Waals surface area (Å²) < 4.78 is 6.70. The Hall–Kier alpha value is -2.34. The van der Waals surface area contributed by atoms with Gasteiger partial charge in [0.2, 0.25) is 5.91 Å². The van der Waals surface area contributed by atoms with Gasteiger partial charge in [0.15, 0.2) is 6.61 Å². The number of carbonyl (C=O) groups excluding carboxylic acids is 2. The molecule has 0 spiro atoms. The second-order valence-electron chi connectivity index (χ2n) is 9.41. The summed E-state index contributed by atoms with van der Waals surface area (Å²) in [6.07, 6.45) is 1.37. The molecule has 2 aromatic carbocycles. The molecular weight excluding hydrogens is 480 g/mol. The van der Waals surface area contributed by atoms with E-state index in [1.807, 2.05) is 63.2 Å². The van der Waals surface area contributed by atoms with Crippen molar-refractivity contribution in [1.82, 2.24) is 10.2 Å². The van der Waals surface area contributed by atoms with Crippen molar-refractivity contribution in [3.05, 3.63) is 63.6 Å². The lowest BCUT2D eigenvalue weighted by Crippen LogP contribution is -2.50. The van der Waals surface area contributed by atoms with Gasteiger partial charge in [0.1, 0.15) is 11.8 Å². The van der Waals surface area contributed by atoms with Gasteiger partial charge in [-0.15, -0.1) is 0 Å². The van der Waals surface area contributed by atoms with Crippen LogP contribution < -0.4 is 10.1 Å². The lowest BCUT2D eigenvalue weighted by molar-refractivity contribution is -0.143. The average Bonchev–Trinajstić information content (AvgIpc) is 2.75. The van der Waals surface area contributed by atoms with Gasteiger partial charge >= 0.3 is 0 Å². The Morgan fingerprint density at radius 3 is 2.42 bits per heavy atom. The fraction of sp³-hybridized carbons (Fsp3) is 0.481. The first-order valence-corrected chi connectivity index (χ1v) is 12.4. The molecule has 0 saturated carbocycles. The number of benzene rings is 2. The normalized spacial score (nSPS) is 12.2. The molecule has 2 rings (SSSR count). The van der Waals surface area contributed by atoms with Crippen molar-refractivity contribution < 1.29 is 14.3 Å². The number of aryl methyl sites for hydroxylation is 1. The summed E-state index contributed by atoms with van der Waals surface area (Å²) in [6, 6.07) is 13.4. The minimum atomic E-state index is -0.556. The van der Waals surface area contributed by atoms with E-state index in [9.17, 15) is 9.59 Å². The van der Waals surface area contributed by atoms with E-state index in [-0.39, 0.29) is 23.8 Å². The van der Waals surface area contributed by atoms with Gasteiger partial charge in [-0.2, -0.15) is 0 Å². The van der Waals surface area contributed by atoms with Crippen LogP contribution in [0, 0.1) is 6.92 Å². The SMILES string of the molecule is CCCNC(=O)C(CC)N(Cc1cccc(C)c1)C(=O)COc1ccc(C(C)(C)C)cc1Br. The third kappa shape index (κ3) is 7.88. The van der Waals surface area contributed by atoms with E-state index >= 15 is 0 Å². The van der Waals surface area contributed by atoms with Crippen LogP contribution in [-0.2, 0) is 21.5 Å². The van der Waals surface area contributed by atoms with Gasteiger partial charge in [0, 0.05) is 13.1 Å². The van der Waals surface area contributed by atoms with Crippen LogP contribution in [0.3, 0.4) is 0 Å². The van der Waals surface area contributed by atoms with E-state index in [1.165, 1.54) is 5.56 Å². The lowest BCUT2D eigenvalue weighted by Gasteiger charge is -2.30. The van der Waals surface area contributed by atoms with Crippen LogP contribution in [0.4, 0.5) is 0 Å². The molecule has 1 unspecified atom stereocenters. The van der Waals surface area contributed by atoms with Crippen LogP contribution >= 0.6 is 15.9 Å². The van der Waals surface area contributed by atoms with Gasteiger partial charge in [0.05, 0.1) is 4.47 Å². The molecule has 0 aliphatic carbocycles. The van der Waals surface area contributed by atoms with E-state index in [1.54, 1.807) is 4.90 Å². The predicted octanol–water partition coefficient (Wildman–Crippen LogP) is 5.77. The molecule has 5 nitrogen and oxygen atoms in total. The molecule has 2 amide bonds. The summed E-state index contributed by atoms with van der Waals surface area (Å²) in [7, 11) is 0. The quantitative estimate of drug-likeness (QED) is 0.436. The molecule has 0 aromatic heterocycles. The number of carbonyl (C=O) groups is 2. The number of hydrogen-bond donors (Lipinski definition) is 1. The van der Waals surface area contributed by atoms with Crippen molar-refractivity contribution in [3.8, 4) is 5.75 Å². The van der Waals surface area contributed by atoms with Crippen molar-refractivity contribution >= 4 is 27.7 Å². The van der Waals surface area contributed by atoms with E-state index in [2.05, 4.69) is 42.0 Å². The molecule has 1 atom stereocenters. The number of hydrogen-bond acceptors (Lipinski definition) is 3. The van der Waals surface area contributed by atoms with Crippen LogP contribution in [0.2, 0.25) is 0 Å². The van der Waals surface area contributed by atoms with Crippen molar-refractivity contribution in [2.75, 3.05) is 13.2 Å². The molecule has 1 N–H and O–H groups in total. The molecule has 2 aromatic rings. The third-order valence-corrected chi connectivity index (χ3v) is 6.14. The van der Waals surface area contributed by atoms with E-state index in [0.717, 1.165) is 22.0 Å². The van der Waals surface area contributed by atoms with Crippen LogP contribution in [0.1, 0.15) is 64.2 Å². The van der Waals surface area contributed by atoms with Gasteiger partial charge in [-0.25, -0.2) is 0 Å². The highest BCUT2D eigenvalue weighted by molar-refractivity contribution is 9.10. The molecule has 0 fully saturated rings. The molecule has 0 saturated heterocycles. The fourth-order valence-corrected chi connectivity index (χ4v) is 4.09. The maximum absolute atomic E-state index is 13.3. The Morgan fingerprint density at radius 1 is 1.12 bits per heavy atom. The van der Waals surface area contributed by atoms with Gasteiger partial charge in [-0.1, -0.05) is 70.5 Å². The van der Waals surface area contributed by atoms with Crippen LogP contribution in [0.25, 0.3) is 0 Å². The zero-order valence-corrected chi connectivity index (χ0v) is 22.3. The molecule has 0 heterocycles. The summed E-state index contributed by atoms with van der Waals surface area (Å²) in [5.74, 6) is 0.258. The highest BCUT2D eigenvalue weighted by Crippen LogP contribution is 2.31. The monoisotopic (exact) mass is 516 g/mol. The summed E-state index contributed by atoms with van der Waals surface area (Å²) in [4.78, 5) is 27.8. The Bertz CT molecular complexity index is 953. The summed E-state index contributed by atoms with van der Waals surface area (Å²) >= 11 is 3.57. The largest absolute Gasteiger partial charge is 0.483 e. The molecular formula is C27H37BrN2O3. The maximum atomic E-state index is 13.3. The molecule has 0 bridgehead atoms. The van der Waals surface area contributed by atoms with Crippen molar-refractivity contribution in [1.29, 1.82) is 0 Å². The van der Waals surface area contributed by atoms with Crippen LogP contribution in [0.5, 0.6) is 5.75 Å². The number of nitrogens with zero attached hydrogens (tertiary/aromatic N) is 1. The number of halogens is 1. The zero-order chi connectivity index (χ0) is 24.6. The van der Waals surface area contributed by atoms with Crippen LogP contribution in [-0.4, -0.2) is 35.9 Å². The number of amides is 2. The average molecular weight is 518 g/mol. The van der Waals surface area contributed by atoms with Crippen molar-refractivity contribution in [2.45, 2.75) is 72.4 Å². The van der Waals surface area contributed by atoms with Crippen molar-refractivity contribution in [2.24, 2.45) is 0 Å². The first kappa shape index (κ1) is 26.9. The number of nitrogens with one attached hydrogen (secondary N) is 1. The molecule has 6 heteroatoms. The summed E-state index contributed by atoms with van der Waals surface area (Å²) in [5.41, 5.74) is 3.29. The first-order valence-electron chi connectivity index (χ1n) is 11.6. The minimum absolute atomic E-state index is 0.0156. The molecule has 0 aliphatic rings. The first-order chi connectivity index (χ1) is 15.6. The zero-order valence-electron chi connectivity index (χ0n) is 20.7. The maximum Gasteiger partial charge on any atom is 0.261 e. The number of rotatable bonds is 10. The van der Waals surface area contributed by atoms with Crippen molar-refractivity contribution in [3.63, 3.8) is 0 Å². The summed E-state index contributed by atoms with van der Waals surface area (Å²) in [5, 5.41) is 2.94.